The van der Waals surface area contributed by atoms with Crippen LogP contribution in [0.15, 0.2) is 24.4 Å². The number of hydrogen-bond acceptors (Lipinski definition) is 2. The number of carbonyl (C=O) groups is 2. The number of amides is 1. The summed E-state index contributed by atoms with van der Waals surface area (Å²) >= 11 is 0. The Morgan fingerprint density at radius 2 is 2.07 bits per heavy atom. The Bertz CT molecular complexity index is 244. The molecule has 0 heterocycles. The van der Waals surface area contributed by atoms with Crippen LogP contribution in [0.2, 0.25) is 0 Å². The SMILES string of the molecule is C=C(C)N(CC=O)C(=O)C/C=C\CC. The Morgan fingerprint density at radius 3 is 2.50 bits per heavy atom. The second kappa shape index (κ2) is 7.06. The Kier molecular flexibility index (Phi) is 6.37. The Morgan fingerprint density at radius 1 is 1.43 bits per heavy atom. The molecule has 0 spiro atoms. The molecule has 1 amide bonds. The predicted octanol–water partition coefficient (Wildman–Crippen LogP) is 1.90. The molecule has 0 rings (SSSR count). The molecule has 0 aliphatic heterocycles. The third kappa shape index (κ3) is 4.60. The normalized spacial score (nSPS) is 10.1. The number of rotatable bonds is 6. The van der Waals surface area contributed by atoms with Gasteiger partial charge in [-0.05, 0) is 13.3 Å². The largest absolute Gasteiger partial charge is 0.310 e. The maximum Gasteiger partial charge on any atom is 0.230 e. The van der Waals surface area contributed by atoms with Crippen LogP contribution in [0, 0.1) is 0 Å². The summed E-state index contributed by atoms with van der Waals surface area (Å²) in [7, 11) is 0. The van der Waals surface area contributed by atoms with Gasteiger partial charge in [0.2, 0.25) is 5.91 Å². The van der Waals surface area contributed by atoms with Gasteiger partial charge in [-0.25, -0.2) is 0 Å². The maximum atomic E-state index is 11.5. The molecule has 0 N–H and O–H groups in total. The summed E-state index contributed by atoms with van der Waals surface area (Å²) in [6.07, 6.45) is 5.68. The lowest BCUT2D eigenvalue weighted by Crippen LogP contribution is -2.30. The number of aldehydes is 1. The minimum atomic E-state index is -0.0886. The fourth-order valence-corrected chi connectivity index (χ4v) is 1.01. The van der Waals surface area contributed by atoms with Gasteiger partial charge in [-0.3, -0.25) is 4.79 Å². The number of hydrogen-bond donors (Lipinski definition) is 0. The van der Waals surface area contributed by atoms with Gasteiger partial charge in [0.05, 0.1) is 6.54 Å². The zero-order valence-corrected chi connectivity index (χ0v) is 8.82. The van der Waals surface area contributed by atoms with E-state index in [2.05, 4.69) is 6.58 Å². The van der Waals surface area contributed by atoms with E-state index in [1.165, 1.54) is 4.90 Å². The molecule has 0 bridgehead atoms. The topological polar surface area (TPSA) is 37.4 Å². The monoisotopic (exact) mass is 195 g/mol. The molecule has 0 saturated heterocycles. The predicted molar refractivity (Wildman–Crippen MR) is 56.6 cm³/mol. The van der Waals surface area contributed by atoms with Crippen molar-refractivity contribution in [1.29, 1.82) is 0 Å². The van der Waals surface area contributed by atoms with Crippen LogP contribution in [0.4, 0.5) is 0 Å². The maximum absolute atomic E-state index is 11.5. The smallest absolute Gasteiger partial charge is 0.230 e. The van der Waals surface area contributed by atoms with E-state index in [9.17, 15) is 9.59 Å². The summed E-state index contributed by atoms with van der Waals surface area (Å²) in [5.41, 5.74) is 0.604. The van der Waals surface area contributed by atoms with Crippen molar-refractivity contribution in [2.45, 2.75) is 26.7 Å². The van der Waals surface area contributed by atoms with Crippen LogP contribution in [-0.4, -0.2) is 23.6 Å². The van der Waals surface area contributed by atoms with Gasteiger partial charge in [-0.1, -0.05) is 25.7 Å². The molecule has 3 heteroatoms. The third-order valence-corrected chi connectivity index (χ3v) is 1.71. The molecule has 0 saturated carbocycles. The minimum absolute atomic E-state index is 0.0886. The molecule has 78 valence electrons. The van der Waals surface area contributed by atoms with E-state index in [4.69, 9.17) is 0 Å². The zero-order valence-electron chi connectivity index (χ0n) is 8.82. The van der Waals surface area contributed by atoms with Gasteiger partial charge in [0.1, 0.15) is 6.29 Å². The zero-order chi connectivity index (χ0) is 11.0. The van der Waals surface area contributed by atoms with E-state index in [1.807, 2.05) is 19.1 Å². The molecule has 14 heavy (non-hydrogen) atoms. The molecule has 3 nitrogen and oxygen atoms in total. The number of allylic oxidation sites excluding steroid dienone is 2. The molecule has 0 aliphatic carbocycles. The highest BCUT2D eigenvalue weighted by Gasteiger charge is 2.11. The second-order valence-electron chi connectivity index (χ2n) is 2.99. The minimum Gasteiger partial charge on any atom is -0.310 e. The van der Waals surface area contributed by atoms with Gasteiger partial charge >= 0.3 is 0 Å². The van der Waals surface area contributed by atoms with Crippen molar-refractivity contribution in [3.8, 4) is 0 Å². The van der Waals surface area contributed by atoms with E-state index in [0.717, 1.165) is 6.42 Å². The number of carbonyl (C=O) groups excluding carboxylic acids is 2. The number of nitrogens with zero attached hydrogens (tertiary/aromatic N) is 1. The molecule has 0 aromatic carbocycles. The van der Waals surface area contributed by atoms with Gasteiger partial charge in [0.15, 0.2) is 0 Å². The average molecular weight is 195 g/mol. The first-order valence-corrected chi connectivity index (χ1v) is 4.68. The van der Waals surface area contributed by atoms with Crippen LogP contribution < -0.4 is 0 Å². The van der Waals surface area contributed by atoms with Crippen LogP contribution in [-0.2, 0) is 9.59 Å². The van der Waals surface area contributed by atoms with E-state index in [1.54, 1.807) is 6.92 Å². The second-order valence-corrected chi connectivity index (χ2v) is 2.99. The van der Waals surface area contributed by atoms with E-state index < -0.39 is 0 Å². The van der Waals surface area contributed by atoms with Crippen molar-refractivity contribution in [2.75, 3.05) is 6.54 Å². The molecule has 0 fully saturated rings. The summed E-state index contributed by atoms with van der Waals surface area (Å²) in [4.78, 5) is 23.2. The molecular weight excluding hydrogens is 178 g/mol. The molecule has 0 aliphatic rings. The van der Waals surface area contributed by atoms with Crippen LogP contribution in [0.1, 0.15) is 26.7 Å². The summed E-state index contributed by atoms with van der Waals surface area (Å²) in [5.74, 6) is -0.0886. The van der Waals surface area contributed by atoms with Gasteiger partial charge in [-0.15, -0.1) is 0 Å². The lowest BCUT2D eigenvalue weighted by atomic mass is 10.3. The summed E-state index contributed by atoms with van der Waals surface area (Å²) in [6.45, 7) is 7.45. The van der Waals surface area contributed by atoms with Crippen molar-refractivity contribution >= 4 is 12.2 Å². The summed E-state index contributed by atoms with van der Waals surface area (Å²) in [6, 6.07) is 0. The molecule has 0 radical (unpaired) electrons. The fourth-order valence-electron chi connectivity index (χ4n) is 1.01. The lowest BCUT2D eigenvalue weighted by molar-refractivity contribution is -0.130. The van der Waals surface area contributed by atoms with E-state index >= 15 is 0 Å². The Balaban J connectivity index is 4.22. The van der Waals surface area contributed by atoms with Crippen LogP contribution in [0.3, 0.4) is 0 Å². The third-order valence-electron chi connectivity index (χ3n) is 1.71. The quantitative estimate of drug-likeness (QED) is 0.479. The van der Waals surface area contributed by atoms with Gasteiger partial charge in [0.25, 0.3) is 0 Å². The van der Waals surface area contributed by atoms with Crippen LogP contribution >= 0.6 is 0 Å². The Hall–Kier alpha value is -1.38. The first-order valence-electron chi connectivity index (χ1n) is 4.68. The fraction of sp³-hybridized carbons (Fsp3) is 0.455. The molecule has 0 unspecified atom stereocenters. The highest BCUT2D eigenvalue weighted by Crippen LogP contribution is 2.03. The van der Waals surface area contributed by atoms with Gasteiger partial charge in [0, 0.05) is 12.1 Å². The molecule has 0 atom stereocenters. The van der Waals surface area contributed by atoms with Gasteiger partial charge in [-0.2, -0.15) is 0 Å². The lowest BCUT2D eigenvalue weighted by Gasteiger charge is -2.18. The van der Waals surface area contributed by atoms with Crippen LogP contribution in [0.25, 0.3) is 0 Å². The first-order chi connectivity index (χ1) is 6.63. The highest BCUT2D eigenvalue weighted by atomic mass is 16.2. The summed E-state index contributed by atoms with van der Waals surface area (Å²) in [5, 5.41) is 0. The standard InChI is InChI=1S/C11H17NO2/c1-4-5-6-7-11(14)12(8-9-13)10(2)3/h5-6,9H,2,4,7-8H2,1,3H3/b6-5-. The van der Waals surface area contributed by atoms with E-state index in [0.29, 0.717) is 18.4 Å². The molecular formula is C11H17NO2. The Labute approximate surface area is 85.1 Å². The van der Waals surface area contributed by atoms with Crippen molar-refractivity contribution < 1.29 is 9.59 Å². The van der Waals surface area contributed by atoms with Crippen molar-refractivity contribution in [1.82, 2.24) is 4.90 Å². The highest BCUT2D eigenvalue weighted by molar-refractivity contribution is 5.81. The molecule has 0 aromatic rings. The molecule has 0 aromatic heterocycles. The van der Waals surface area contributed by atoms with Crippen molar-refractivity contribution in [3.05, 3.63) is 24.4 Å². The summed E-state index contributed by atoms with van der Waals surface area (Å²) < 4.78 is 0. The van der Waals surface area contributed by atoms with Crippen molar-refractivity contribution in [3.63, 3.8) is 0 Å². The van der Waals surface area contributed by atoms with Crippen LogP contribution in [0.5, 0.6) is 0 Å². The average Bonchev–Trinajstić information content (AvgIpc) is 2.13. The van der Waals surface area contributed by atoms with E-state index in [-0.39, 0.29) is 12.5 Å². The first kappa shape index (κ1) is 12.6. The van der Waals surface area contributed by atoms with Crippen molar-refractivity contribution in [2.24, 2.45) is 0 Å². The van der Waals surface area contributed by atoms with Gasteiger partial charge < -0.3 is 9.69 Å².